The van der Waals surface area contributed by atoms with Gasteiger partial charge in [0, 0.05) is 5.69 Å². The summed E-state index contributed by atoms with van der Waals surface area (Å²) in [7, 11) is 0. The molecule has 2 aromatic heterocycles. The van der Waals surface area contributed by atoms with Crippen LogP contribution in [0.15, 0.2) is 22.6 Å². The second kappa shape index (κ2) is 4.74. The van der Waals surface area contributed by atoms with Gasteiger partial charge in [0.15, 0.2) is 0 Å². The van der Waals surface area contributed by atoms with E-state index < -0.39 is 5.97 Å². The van der Waals surface area contributed by atoms with Gasteiger partial charge in [-0.2, -0.15) is 5.10 Å². The van der Waals surface area contributed by atoms with Crippen LogP contribution in [0.3, 0.4) is 0 Å². The van der Waals surface area contributed by atoms with Crippen LogP contribution in [-0.4, -0.2) is 27.2 Å². The fourth-order valence-corrected chi connectivity index (χ4v) is 1.38. The van der Waals surface area contributed by atoms with Crippen LogP contribution in [0.4, 0.5) is 0 Å². The number of hydrogen-bond donors (Lipinski definition) is 3. The first-order chi connectivity index (χ1) is 8.56. The zero-order chi connectivity index (χ0) is 13.1. The van der Waals surface area contributed by atoms with Crippen molar-refractivity contribution in [1.82, 2.24) is 15.5 Å². The Labute approximate surface area is 102 Å². The molecule has 3 N–H and O–H groups in total. The van der Waals surface area contributed by atoms with Crippen molar-refractivity contribution in [1.29, 1.82) is 0 Å². The van der Waals surface area contributed by atoms with Gasteiger partial charge in [-0.15, -0.1) is 0 Å². The van der Waals surface area contributed by atoms with Gasteiger partial charge in [-0.25, -0.2) is 4.79 Å². The molecule has 0 aromatic carbocycles. The van der Waals surface area contributed by atoms with E-state index in [4.69, 9.17) is 9.52 Å². The standard InChI is InChI=1S/C11H11N3O4/c1-6-4-8(14-13-6)10(15)12-5-7-2-3-9(18-7)11(16)17/h2-4H,5H2,1H3,(H,12,15)(H,13,14)(H,16,17). The molecule has 2 heterocycles. The highest BCUT2D eigenvalue weighted by molar-refractivity contribution is 5.92. The lowest BCUT2D eigenvalue weighted by Crippen LogP contribution is -2.22. The molecule has 7 nitrogen and oxygen atoms in total. The summed E-state index contributed by atoms with van der Waals surface area (Å²) in [6.45, 7) is 1.90. The number of nitrogens with one attached hydrogen (secondary N) is 2. The summed E-state index contributed by atoms with van der Waals surface area (Å²) in [5.41, 5.74) is 1.06. The van der Waals surface area contributed by atoms with Gasteiger partial charge in [0.2, 0.25) is 5.76 Å². The van der Waals surface area contributed by atoms with Crippen molar-refractivity contribution in [3.8, 4) is 0 Å². The first kappa shape index (κ1) is 11.9. The Kier molecular flexibility index (Phi) is 3.13. The average molecular weight is 249 g/mol. The summed E-state index contributed by atoms with van der Waals surface area (Å²) in [5, 5.41) is 17.7. The van der Waals surface area contributed by atoms with Crippen LogP contribution in [0.1, 0.15) is 32.5 Å². The van der Waals surface area contributed by atoms with Gasteiger partial charge in [0.1, 0.15) is 11.5 Å². The highest BCUT2D eigenvalue weighted by atomic mass is 16.4. The summed E-state index contributed by atoms with van der Waals surface area (Å²) in [5.74, 6) is -1.29. The number of carboxylic acid groups (broad SMARTS) is 1. The third-order valence-corrected chi connectivity index (χ3v) is 2.23. The molecule has 0 unspecified atom stereocenters. The number of aromatic amines is 1. The molecule has 0 aliphatic heterocycles. The van der Waals surface area contributed by atoms with Gasteiger partial charge >= 0.3 is 5.97 Å². The monoisotopic (exact) mass is 249 g/mol. The Morgan fingerprint density at radius 3 is 2.83 bits per heavy atom. The number of furan rings is 1. The molecule has 0 bridgehead atoms. The van der Waals surface area contributed by atoms with Crippen molar-refractivity contribution in [2.45, 2.75) is 13.5 Å². The van der Waals surface area contributed by atoms with E-state index in [1.54, 1.807) is 13.0 Å². The smallest absolute Gasteiger partial charge is 0.371 e. The Morgan fingerprint density at radius 1 is 1.50 bits per heavy atom. The zero-order valence-electron chi connectivity index (χ0n) is 9.56. The van der Waals surface area contributed by atoms with Crippen LogP contribution < -0.4 is 5.32 Å². The molecule has 0 fully saturated rings. The molecule has 0 radical (unpaired) electrons. The van der Waals surface area contributed by atoms with Crippen LogP contribution in [-0.2, 0) is 6.54 Å². The summed E-state index contributed by atoms with van der Waals surface area (Å²) >= 11 is 0. The van der Waals surface area contributed by atoms with Gasteiger partial charge in [0.05, 0.1) is 6.54 Å². The number of aromatic carboxylic acids is 1. The molecule has 94 valence electrons. The number of carboxylic acids is 1. The van der Waals surface area contributed by atoms with Gasteiger partial charge in [-0.05, 0) is 25.1 Å². The number of carbonyl (C=O) groups is 2. The molecule has 0 saturated carbocycles. The molecule has 0 atom stereocenters. The van der Waals surface area contributed by atoms with Crippen molar-refractivity contribution in [2.75, 3.05) is 0 Å². The van der Waals surface area contributed by atoms with Crippen molar-refractivity contribution in [2.24, 2.45) is 0 Å². The lowest BCUT2D eigenvalue weighted by atomic mass is 10.3. The van der Waals surface area contributed by atoms with Gasteiger partial charge in [0.25, 0.3) is 5.91 Å². The minimum absolute atomic E-state index is 0.109. The third kappa shape index (κ3) is 2.57. The lowest BCUT2D eigenvalue weighted by molar-refractivity contribution is 0.0660. The highest BCUT2D eigenvalue weighted by Crippen LogP contribution is 2.07. The highest BCUT2D eigenvalue weighted by Gasteiger charge is 2.12. The van der Waals surface area contributed by atoms with Gasteiger partial charge in [-0.1, -0.05) is 0 Å². The topological polar surface area (TPSA) is 108 Å². The maximum atomic E-state index is 11.6. The second-order valence-corrected chi connectivity index (χ2v) is 3.69. The molecule has 7 heteroatoms. The largest absolute Gasteiger partial charge is 0.475 e. The molecule has 1 amide bonds. The average Bonchev–Trinajstić information content (AvgIpc) is 2.94. The Hall–Kier alpha value is -2.57. The summed E-state index contributed by atoms with van der Waals surface area (Å²) in [6.07, 6.45) is 0. The Morgan fingerprint density at radius 2 is 2.28 bits per heavy atom. The molecule has 0 saturated heterocycles. The van der Waals surface area contributed by atoms with E-state index in [-0.39, 0.29) is 23.9 Å². The van der Waals surface area contributed by atoms with E-state index in [1.807, 2.05) is 0 Å². The molecule has 18 heavy (non-hydrogen) atoms. The van der Waals surface area contributed by atoms with Crippen molar-refractivity contribution in [3.05, 3.63) is 41.1 Å². The number of carbonyl (C=O) groups excluding carboxylic acids is 1. The Balaban J connectivity index is 1.95. The zero-order valence-corrected chi connectivity index (χ0v) is 9.56. The van der Waals surface area contributed by atoms with Gasteiger partial charge < -0.3 is 14.8 Å². The van der Waals surface area contributed by atoms with Crippen molar-refractivity contribution in [3.63, 3.8) is 0 Å². The van der Waals surface area contributed by atoms with Crippen molar-refractivity contribution < 1.29 is 19.1 Å². The fraction of sp³-hybridized carbons (Fsp3) is 0.182. The maximum absolute atomic E-state index is 11.6. The van der Waals surface area contributed by atoms with E-state index in [0.29, 0.717) is 5.76 Å². The summed E-state index contributed by atoms with van der Waals surface area (Å²) in [4.78, 5) is 22.2. The predicted molar refractivity (Wildman–Crippen MR) is 60.2 cm³/mol. The number of aromatic nitrogens is 2. The molecular weight excluding hydrogens is 238 g/mol. The van der Waals surface area contributed by atoms with Crippen LogP contribution in [0.2, 0.25) is 0 Å². The number of aryl methyl sites for hydroxylation is 1. The SMILES string of the molecule is Cc1cc(C(=O)NCc2ccc(C(=O)O)o2)n[nH]1. The molecule has 0 aliphatic rings. The fourth-order valence-electron chi connectivity index (χ4n) is 1.38. The molecule has 0 spiro atoms. The van der Waals surface area contributed by atoms with E-state index >= 15 is 0 Å². The molecule has 0 aliphatic carbocycles. The molecular formula is C11H11N3O4. The maximum Gasteiger partial charge on any atom is 0.371 e. The van der Waals surface area contributed by atoms with Crippen LogP contribution in [0.5, 0.6) is 0 Å². The van der Waals surface area contributed by atoms with E-state index in [9.17, 15) is 9.59 Å². The van der Waals surface area contributed by atoms with E-state index in [0.717, 1.165) is 5.69 Å². The van der Waals surface area contributed by atoms with Crippen molar-refractivity contribution >= 4 is 11.9 Å². The number of amides is 1. The quantitative estimate of drug-likeness (QED) is 0.747. The molecule has 2 aromatic rings. The third-order valence-electron chi connectivity index (χ3n) is 2.23. The number of hydrogen-bond acceptors (Lipinski definition) is 4. The first-order valence-electron chi connectivity index (χ1n) is 5.18. The number of rotatable bonds is 4. The van der Waals surface area contributed by atoms with E-state index in [1.165, 1.54) is 12.1 Å². The van der Waals surface area contributed by atoms with Gasteiger partial charge in [-0.3, -0.25) is 9.89 Å². The second-order valence-electron chi connectivity index (χ2n) is 3.69. The predicted octanol–water partition coefficient (Wildman–Crippen LogP) is 0.939. The molecule has 2 rings (SSSR count). The summed E-state index contributed by atoms with van der Waals surface area (Å²) in [6, 6.07) is 4.45. The van der Waals surface area contributed by atoms with E-state index in [2.05, 4.69) is 15.5 Å². The normalized spacial score (nSPS) is 10.3. The first-order valence-corrected chi connectivity index (χ1v) is 5.18. The number of nitrogens with zero attached hydrogens (tertiary/aromatic N) is 1. The van der Waals surface area contributed by atoms with Crippen LogP contribution >= 0.6 is 0 Å². The summed E-state index contributed by atoms with van der Waals surface area (Å²) < 4.78 is 4.99. The minimum atomic E-state index is -1.14. The minimum Gasteiger partial charge on any atom is -0.475 e. The van der Waals surface area contributed by atoms with Crippen LogP contribution in [0, 0.1) is 6.92 Å². The Bertz CT molecular complexity index is 585. The lowest BCUT2D eigenvalue weighted by Gasteiger charge is -1.99. The number of H-pyrrole nitrogens is 1. The van der Waals surface area contributed by atoms with Crippen LogP contribution in [0.25, 0.3) is 0 Å².